The van der Waals surface area contributed by atoms with E-state index in [9.17, 15) is 9.59 Å². The van der Waals surface area contributed by atoms with Crippen LogP contribution in [0.2, 0.25) is 0 Å². The molecule has 0 aromatic carbocycles. The van der Waals surface area contributed by atoms with Crippen molar-refractivity contribution in [2.75, 3.05) is 26.9 Å². The SMILES string of the molecule is CN(C)C=O.CNC(=O)CSc1nc2nc(C)cc(C)n2n1. The molecule has 2 aromatic heterocycles. The van der Waals surface area contributed by atoms with Crippen LogP contribution in [0.25, 0.3) is 5.78 Å². The number of carbonyl (C=O) groups excluding carboxylic acids is 2. The Hall–Kier alpha value is -2.16. The zero-order valence-corrected chi connectivity index (χ0v) is 14.1. The van der Waals surface area contributed by atoms with Crippen LogP contribution < -0.4 is 5.32 Å². The maximum Gasteiger partial charge on any atom is 0.253 e. The van der Waals surface area contributed by atoms with Crippen molar-refractivity contribution in [1.82, 2.24) is 29.8 Å². The van der Waals surface area contributed by atoms with E-state index in [1.165, 1.54) is 16.7 Å². The molecule has 2 amide bonds. The maximum atomic E-state index is 11.1. The molecule has 8 nitrogen and oxygen atoms in total. The summed E-state index contributed by atoms with van der Waals surface area (Å²) in [5.74, 6) is 0.836. The summed E-state index contributed by atoms with van der Waals surface area (Å²) in [6, 6.07) is 1.94. The van der Waals surface area contributed by atoms with E-state index in [-0.39, 0.29) is 5.91 Å². The lowest BCUT2D eigenvalue weighted by atomic mass is 10.4. The number of hydrogen-bond donors (Lipinski definition) is 1. The van der Waals surface area contributed by atoms with Crippen molar-refractivity contribution in [1.29, 1.82) is 0 Å². The van der Waals surface area contributed by atoms with Gasteiger partial charge >= 0.3 is 0 Å². The van der Waals surface area contributed by atoms with Crippen LogP contribution in [0.15, 0.2) is 11.2 Å². The first-order valence-electron chi connectivity index (χ1n) is 6.53. The van der Waals surface area contributed by atoms with E-state index in [4.69, 9.17) is 0 Å². The predicted molar refractivity (Wildman–Crippen MR) is 84.8 cm³/mol. The molecule has 0 aliphatic rings. The van der Waals surface area contributed by atoms with E-state index >= 15 is 0 Å². The molecule has 0 spiro atoms. The molecule has 2 heterocycles. The number of amides is 2. The monoisotopic (exact) mass is 324 g/mol. The van der Waals surface area contributed by atoms with E-state index < -0.39 is 0 Å². The van der Waals surface area contributed by atoms with Gasteiger partial charge in [0.1, 0.15) is 0 Å². The van der Waals surface area contributed by atoms with Crippen molar-refractivity contribution < 1.29 is 9.59 Å². The van der Waals surface area contributed by atoms with Crippen LogP contribution in [0.1, 0.15) is 11.4 Å². The summed E-state index contributed by atoms with van der Waals surface area (Å²) in [6.07, 6.45) is 0.750. The minimum absolute atomic E-state index is 0.0466. The molecule has 0 unspecified atom stereocenters. The van der Waals surface area contributed by atoms with Gasteiger partial charge in [0.25, 0.3) is 5.78 Å². The van der Waals surface area contributed by atoms with Crippen molar-refractivity contribution in [2.45, 2.75) is 19.0 Å². The van der Waals surface area contributed by atoms with Crippen LogP contribution >= 0.6 is 11.8 Å². The zero-order chi connectivity index (χ0) is 16.7. The molecule has 0 atom stereocenters. The third kappa shape index (κ3) is 5.32. The lowest BCUT2D eigenvalue weighted by Gasteiger charge is -1.97. The van der Waals surface area contributed by atoms with Gasteiger partial charge < -0.3 is 10.2 Å². The van der Waals surface area contributed by atoms with Crippen LogP contribution in [-0.4, -0.2) is 63.7 Å². The van der Waals surface area contributed by atoms with Gasteiger partial charge in [0.15, 0.2) is 0 Å². The van der Waals surface area contributed by atoms with Gasteiger partial charge in [-0.1, -0.05) is 11.8 Å². The normalized spacial score (nSPS) is 9.86. The van der Waals surface area contributed by atoms with E-state index in [1.54, 1.807) is 25.7 Å². The average molecular weight is 324 g/mol. The number of nitrogens with zero attached hydrogens (tertiary/aromatic N) is 5. The highest BCUT2D eigenvalue weighted by Gasteiger charge is 2.09. The van der Waals surface area contributed by atoms with Gasteiger partial charge in [0, 0.05) is 32.5 Å². The summed E-state index contributed by atoms with van der Waals surface area (Å²) in [4.78, 5) is 30.5. The van der Waals surface area contributed by atoms with Gasteiger partial charge in [0.2, 0.25) is 17.5 Å². The third-order valence-corrected chi connectivity index (χ3v) is 3.26. The lowest BCUT2D eigenvalue weighted by molar-refractivity contribution is -0.118. The molecular weight excluding hydrogens is 304 g/mol. The topological polar surface area (TPSA) is 92.5 Å². The highest BCUT2D eigenvalue weighted by molar-refractivity contribution is 7.99. The highest BCUT2D eigenvalue weighted by Crippen LogP contribution is 2.14. The van der Waals surface area contributed by atoms with Crippen LogP contribution in [0.5, 0.6) is 0 Å². The zero-order valence-electron chi connectivity index (χ0n) is 13.3. The van der Waals surface area contributed by atoms with E-state index in [0.29, 0.717) is 16.7 Å². The summed E-state index contributed by atoms with van der Waals surface area (Å²) in [7, 11) is 4.98. The molecule has 0 saturated carbocycles. The fourth-order valence-electron chi connectivity index (χ4n) is 1.41. The lowest BCUT2D eigenvalue weighted by Crippen LogP contribution is -2.19. The number of nitrogens with one attached hydrogen (secondary N) is 1. The van der Waals surface area contributed by atoms with Crippen LogP contribution in [0.3, 0.4) is 0 Å². The number of carbonyl (C=O) groups is 2. The molecule has 0 aliphatic heterocycles. The molecule has 0 aliphatic carbocycles. The largest absolute Gasteiger partial charge is 0.358 e. The maximum absolute atomic E-state index is 11.1. The van der Waals surface area contributed by atoms with Crippen LogP contribution in [0.4, 0.5) is 0 Å². The molecule has 2 aromatic rings. The van der Waals surface area contributed by atoms with Crippen molar-refractivity contribution in [3.05, 3.63) is 17.5 Å². The van der Waals surface area contributed by atoms with E-state index in [0.717, 1.165) is 17.8 Å². The Morgan fingerprint density at radius 2 is 2.05 bits per heavy atom. The first-order chi connectivity index (χ1) is 10.4. The number of rotatable bonds is 4. The molecule has 0 bridgehead atoms. The molecule has 22 heavy (non-hydrogen) atoms. The van der Waals surface area contributed by atoms with Gasteiger partial charge in [0.05, 0.1) is 5.75 Å². The van der Waals surface area contributed by atoms with Gasteiger partial charge in [-0.3, -0.25) is 9.59 Å². The second-order valence-electron chi connectivity index (χ2n) is 4.68. The van der Waals surface area contributed by atoms with Crippen molar-refractivity contribution in [3.63, 3.8) is 0 Å². The molecule has 9 heteroatoms. The van der Waals surface area contributed by atoms with Gasteiger partial charge in [-0.25, -0.2) is 9.50 Å². The fraction of sp³-hybridized carbons (Fsp3) is 0.462. The second kappa shape index (κ2) is 8.32. The summed E-state index contributed by atoms with van der Waals surface area (Å²) >= 11 is 1.30. The van der Waals surface area contributed by atoms with Crippen molar-refractivity contribution >= 4 is 29.9 Å². The number of hydrogen-bond acceptors (Lipinski definition) is 6. The van der Waals surface area contributed by atoms with Crippen molar-refractivity contribution in [2.24, 2.45) is 0 Å². The molecule has 120 valence electrons. The minimum atomic E-state index is -0.0466. The number of aryl methyl sites for hydroxylation is 2. The number of thioether (sulfide) groups is 1. The minimum Gasteiger partial charge on any atom is -0.358 e. The molecular formula is C13H20N6O2S. The smallest absolute Gasteiger partial charge is 0.253 e. The number of fused-ring (bicyclic) bond motifs is 1. The summed E-state index contributed by atoms with van der Waals surface area (Å²) < 4.78 is 1.68. The Labute approximate surface area is 133 Å². The Kier molecular flexibility index (Phi) is 6.77. The van der Waals surface area contributed by atoms with Crippen LogP contribution in [0, 0.1) is 13.8 Å². The third-order valence-electron chi connectivity index (χ3n) is 2.42. The van der Waals surface area contributed by atoms with E-state index in [1.807, 2.05) is 19.9 Å². The van der Waals surface area contributed by atoms with Gasteiger partial charge in [-0.15, -0.1) is 5.10 Å². The quantitative estimate of drug-likeness (QED) is 0.642. The Morgan fingerprint density at radius 3 is 2.59 bits per heavy atom. The van der Waals surface area contributed by atoms with Crippen molar-refractivity contribution in [3.8, 4) is 0 Å². The second-order valence-corrected chi connectivity index (χ2v) is 5.62. The first-order valence-corrected chi connectivity index (χ1v) is 7.52. The summed E-state index contributed by atoms with van der Waals surface area (Å²) in [5.41, 5.74) is 1.89. The molecule has 2 rings (SSSR count). The highest BCUT2D eigenvalue weighted by atomic mass is 32.2. The first kappa shape index (κ1) is 17.9. The fourth-order valence-corrected chi connectivity index (χ4v) is 2.10. The predicted octanol–water partition coefficient (Wildman–Crippen LogP) is 0.284. The Balaban J connectivity index is 0.000000422. The standard InChI is InChI=1S/C10H13N5OS.C3H7NO/c1-6-4-7(2)15-9(12-6)13-10(14-15)17-5-8(16)11-3;1-4(2)3-5/h4H,5H2,1-3H3,(H,11,16);3H,1-2H3. The average Bonchev–Trinajstić information content (AvgIpc) is 2.88. The summed E-state index contributed by atoms with van der Waals surface area (Å²) in [6.45, 7) is 3.86. The Morgan fingerprint density at radius 1 is 1.41 bits per heavy atom. The number of aromatic nitrogens is 4. The van der Waals surface area contributed by atoms with Crippen LogP contribution in [-0.2, 0) is 9.59 Å². The van der Waals surface area contributed by atoms with Gasteiger partial charge in [-0.05, 0) is 19.9 Å². The Bertz CT molecular complexity index is 655. The molecule has 0 saturated heterocycles. The molecule has 0 fully saturated rings. The summed E-state index contributed by atoms with van der Waals surface area (Å²) in [5, 5.41) is 7.40. The molecule has 0 radical (unpaired) electrons. The van der Waals surface area contributed by atoms with Gasteiger partial charge in [-0.2, -0.15) is 4.98 Å². The molecule has 1 N–H and O–H groups in total. The van der Waals surface area contributed by atoms with E-state index in [2.05, 4.69) is 20.4 Å².